The summed E-state index contributed by atoms with van der Waals surface area (Å²) in [4.78, 5) is 11.6. The molecule has 15 heavy (non-hydrogen) atoms. The van der Waals surface area contributed by atoms with Crippen LogP contribution in [0, 0.1) is 12.7 Å². The number of benzene rings is 1. The molecule has 2 nitrogen and oxygen atoms in total. The molecule has 0 heterocycles. The van der Waals surface area contributed by atoms with Crippen molar-refractivity contribution in [3.05, 3.63) is 35.1 Å². The van der Waals surface area contributed by atoms with E-state index < -0.39 is 6.10 Å². The van der Waals surface area contributed by atoms with Crippen LogP contribution >= 0.6 is 0 Å². The van der Waals surface area contributed by atoms with Gasteiger partial charge in [0.25, 0.3) is 0 Å². The quantitative estimate of drug-likeness (QED) is 0.762. The number of rotatable bonds is 4. The molecule has 0 N–H and O–H groups in total. The molecule has 3 heteroatoms. The lowest BCUT2D eigenvalue weighted by molar-refractivity contribution is -0.127. The Bertz CT molecular complexity index is 361. The Morgan fingerprint density at radius 1 is 1.53 bits per heavy atom. The zero-order chi connectivity index (χ0) is 11.4. The Hall–Kier alpha value is -1.22. The third-order valence-electron chi connectivity index (χ3n) is 2.48. The van der Waals surface area contributed by atoms with Crippen LogP contribution in [0.25, 0.3) is 0 Å². The third-order valence-corrected chi connectivity index (χ3v) is 2.48. The number of methoxy groups -OCH3 is 1. The topological polar surface area (TPSA) is 26.3 Å². The average Bonchev–Trinajstić information content (AvgIpc) is 2.20. The zero-order valence-corrected chi connectivity index (χ0v) is 9.21. The molecule has 82 valence electrons. The van der Waals surface area contributed by atoms with E-state index in [1.165, 1.54) is 19.2 Å². The van der Waals surface area contributed by atoms with Crippen LogP contribution in [0.5, 0.6) is 0 Å². The standard InChI is InChI=1S/C12H15FO2/c1-8-6-11(13)5-4-10(8)7-12(14)9(2)15-3/h4-6,9H,7H2,1-3H3. The molecule has 0 aromatic heterocycles. The number of hydrogen-bond donors (Lipinski definition) is 0. The Labute approximate surface area is 89.1 Å². The van der Waals surface area contributed by atoms with Gasteiger partial charge in [-0.05, 0) is 37.1 Å². The highest BCUT2D eigenvalue weighted by Crippen LogP contribution is 2.12. The highest BCUT2D eigenvalue weighted by molar-refractivity contribution is 5.85. The van der Waals surface area contributed by atoms with E-state index in [4.69, 9.17) is 4.74 Å². The average molecular weight is 210 g/mol. The van der Waals surface area contributed by atoms with Gasteiger partial charge in [0, 0.05) is 13.5 Å². The zero-order valence-electron chi connectivity index (χ0n) is 9.21. The second-order valence-electron chi connectivity index (χ2n) is 3.59. The van der Waals surface area contributed by atoms with Crippen molar-refractivity contribution in [1.82, 2.24) is 0 Å². The predicted octanol–water partition coefficient (Wildman–Crippen LogP) is 2.28. The van der Waals surface area contributed by atoms with Crippen molar-refractivity contribution >= 4 is 5.78 Å². The van der Waals surface area contributed by atoms with Gasteiger partial charge in [0.05, 0.1) is 0 Å². The smallest absolute Gasteiger partial charge is 0.165 e. The van der Waals surface area contributed by atoms with Crippen molar-refractivity contribution in [3.63, 3.8) is 0 Å². The SMILES string of the molecule is COC(C)C(=O)Cc1ccc(F)cc1C. The number of Topliss-reactive ketones (excluding diaryl/α,β-unsaturated/α-hetero) is 1. The first-order valence-corrected chi connectivity index (χ1v) is 4.85. The summed E-state index contributed by atoms with van der Waals surface area (Å²) in [7, 11) is 1.50. The summed E-state index contributed by atoms with van der Waals surface area (Å²) in [6.07, 6.45) is -0.115. The number of hydrogen-bond acceptors (Lipinski definition) is 2. The summed E-state index contributed by atoms with van der Waals surface area (Å²) in [5, 5.41) is 0. The van der Waals surface area contributed by atoms with Gasteiger partial charge in [0.1, 0.15) is 11.9 Å². The van der Waals surface area contributed by atoms with Crippen LogP contribution in [0.4, 0.5) is 4.39 Å². The first kappa shape index (κ1) is 11.9. The van der Waals surface area contributed by atoms with E-state index in [0.717, 1.165) is 11.1 Å². The molecule has 0 saturated heterocycles. The van der Waals surface area contributed by atoms with Gasteiger partial charge < -0.3 is 4.74 Å². The van der Waals surface area contributed by atoms with Crippen molar-refractivity contribution in [3.8, 4) is 0 Å². The molecule has 1 aromatic carbocycles. The minimum atomic E-state index is -0.408. The lowest BCUT2D eigenvalue weighted by Gasteiger charge is -2.09. The molecule has 0 amide bonds. The van der Waals surface area contributed by atoms with Gasteiger partial charge >= 0.3 is 0 Å². The lowest BCUT2D eigenvalue weighted by Crippen LogP contribution is -2.21. The molecule has 0 bridgehead atoms. The monoisotopic (exact) mass is 210 g/mol. The molecule has 0 aliphatic rings. The van der Waals surface area contributed by atoms with E-state index in [0.29, 0.717) is 6.42 Å². The maximum atomic E-state index is 12.8. The summed E-state index contributed by atoms with van der Waals surface area (Å²) in [6, 6.07) is 4.44. The first-order valence-electron chi connectivity index (χ1n) is 4.85. The van der Waals surface area contributed by atoms with Crippen molar-refractivity contribution in [2.24, 2.45) is 0 Å². The van der Waals surface area contributed by atoms with E-state index in [2.05, 4.69) is 0 Å². The number of halogens is 1. The van der Waals surface area contributed by atoms with Gasteiger partial charge in [-0.2, -0.15) is 0 Å². The van der Waals surface area contributed by atoms with Gasteiger partial charge in [0.2, 0.25) is 0 Å². The molecule has 1 atom stereocenters. The Morgan fingerprint density at radius 3 is 2.73 bits per heavy atom. The molecular weight excluding hydrogens is 195 g/mol. The van der Waals surface area contributed by atoms with E-state index >= 15 is 0 Å². The second-order valence-corrected chi connectivity index (χ2v) is 3.59. The summed E-state index contributed by atoms with van der Waals surface area (Å²) in [5.41, 5.74) is 1.65. The lowest BCUT2D eigenvalue weighted by atomic mass is 10.0. The largest absolute Gasteiger partial charge is 0.374 e. The molecule has 0 spiro atoms. The molecule has 1 rings (SSSR count). The molecule has 0 saturated carbocycles. The van der Waals surface area contributed by atoms with Crippen LogP contribution in [0.15, 0.2) is 18.2 Å². The fourth-order valence-electron chi connectivity index (χ4n) is 1.32. The van der Waals surface area contributed by atoms with Gasteiger partial charge in [-0.15, -0.1) is 0 Å². The van der Waals surface area contributed by atoms with Gasteiger partial charge in [-0.25, -0.2) is 4.39 Å². The Kier molecular flexibility index (Phi) is 3.97. The van der Waals surface area contributed by atoms with Crippen molar-refractivity contribution in [1.29, 1.82) is 0 Å². The van der Waals surface area contributed by atoms with E-state index in [9.17, 15) is 9.18 Å². The number of aryl methyl sites for hydroxylation is 1. The molecule has 0 fully saturated rings. The highest BCUT2D eigenvalue weighted by Gasteiger charge is 2.13. The summed E-state index contributed by atoms with van der Waals surface area (Å²) in [5.74, 6) is -0.268. The van der Waals surface area contributed by atoms with Gasteiger partial charge in [-0.3, -0.25) is 4.79 Å². The number of carbonyl (C=O) groups is 1. The molecular formula is C12H15FO2. The van der Waals surface area contributed by atoms with Gasteiger partial charge in [0.15, 0.2) is 5.78 Å². The fraction of sp³-hybridized carbons (Fsp3) is 0.417. The number of ether oxygens (including phenoxy) is 1. The minimum absolute atomic E-state index is 0.00667. The molecule has 1 unspecified atom stereocenters. The van der Waals surface area contributed by atoms with Crippen LogP contribution in [-0.4, -0.2) is 19.0 Å². The van der Waals surface area contributed by atoms with E-state index in [1.54, 1.807) is 19.9 Å². The maximum Gasteiger partial charge on any atom is 0.165 e. The molecule has 0 radical (unpaired) electrons. The molecule has 0 aliphatic carbocycles. The van der Waals surface area contributed by atoms with Crippen LogP contribution in [0.1, 0.15) is 18.1 Å². The summed E-state index contributed by atoms with van der Waals surface area (Å²) < 4.78 is 17.7. The van der Waals surface area contributed by atoms with Crippen molar-refractivity contribution in [2.45, 2.75) is 26.4 Å². The van der Waals surface area contributed by atoms with Crippen LogP contribution < -0.4 is 0 Å². The van der Waals surface area contributed by atoms with Crippen LogP contribution in [-0.2, 0) is 16.0 Å². The highest BCUT2D eigenvalue weighted by atomic mass is 19.1. The van der Waals surface area contributed by atoms with E-state index in [-0.39, 0.29) is 11.6 Å². The minimum Gasteiger partial charge on any atom is -0.374 e. The maximum absolute atomic E-state index is 12.8. The fourth-order valence-corrected chi connectivity index (χ4v) is 1.32. The van der Waals surface area contributed by atoms with Crippen LogP contribution in [0.2, 0.25) is 0 Å². The predicted molar refractivity (Wildman–Crippen MR) is 56.3 cm³/mol. The molecule has 1 aromatic rings. The summed E-state index contributed by atoms with van der Waals surface area (Å²) in [6.45, 7) is 3.50. The molecule has 0 aliphatic heterocycles. The Morgan fingerprint density at radius 2 is 2.20 bits per heavy atom. The van der Waals surface area contributed by atoms with Crippen LogP contribution in [0.3, 0.4) is 0 Å². The van der Waals surface area contributed by atoms with Crippen molar-refractivity contribution < 1.29 is 13.9 Å². The third kappa shape index (κ3) is 3.13. The Balaban J connectivity index is 2.77. The van der Waals surface area contributed by atoms with Crippen molar-refractivity contribution in [2.75, 3.05) is 7.11 Å². The van der Waals surface area contributed by atoms with E-state index in [1.807, 2.05) is 0 Å². The second kappa shape index (κ2) is 5.03. The number of carbonyl (C=O) groups excluding carboxylic acids is 1. The van der Waals surface area contributed by atoms with Gasteiger partial charge in [-0.1, -0.05) is 6.07 Å². The summed E-state index contributed by atoms with van der Waals surface area (Å²) >= 11 is 0. The normalized spacial score (nSPS) is 12.5. The number of ketones is 1. The first-order chi connectivity index (χ1) is 7.04.